The van der Waals surface area contributed by atoms with Gasteiger partial charge in [0.25, 0.3) is 0 Å². The number of benzene rings is 2. The Morgan fingerprint density at radius 3 is 2.50 bits per heavy atom. The number of aromatic hydroxyl groups is 1. The van der Waals surface area contributed by atoms with Gasteiger partial charge in [0.2, 0.25) is 6.29 Å². The number of ether oxygens (including phenoxy) is 4. The Bertz CT molecular complexity index is 1710. The number of fused-ring (bicyclic) bond motifs is 1. The van der Waals surface area contributed by atoms with E-state index in [9.17, 15) is 40.2 Å². The molecule has 9 unspecified atom stereocenters. The predicted octanol–water partition coefficient (Wildman–Crippen LogP) is 5.45. The van der Waals surface area contributed by atoms with Crippen molar-refractivity contribution in [3.05, 3.63) is 34.9 Å². The molecule has 0 aromatic heterocycles. The van der Waals surface area contributed by atoms with Crippen molar-refractivity contribution in [3.8, 4) is 11.5 Å². The molecule has 0 amide bonds. The van der Waals surface area contributed by atoms with E-state index in [0.717, 1.165) is 25.0 Å². The molecule has 2 aromatic rings. The van der Waals surface area contributed by atoms with Crippen LogP contribution in [0.25, 0.3) is 10.8 Å². The average Bonchev–Trinajstić information content (AvgIpc) is 3.57. The lowest BCUT2D eigenvalue weighted by Crippen LogP contribution is -2.69. The number of aryl methyl sites for hydroxylation is 1. The molecule has 0 radical (unpaired) electrons. The minimum absolute atomic E-state index is 0.0446. The predicted molar refractivity (Wildman–Crippen MR) is 204 cm³/mol. The second-order valence-electron chi connectivity index (χ2n) is 16.6. The number of aliphatic hydroxyl groups excluding tert-OH is 4. The molecule has 12 nitrogen and oxygen atoms in total. The van der Waals surface area contributed by atoms with Crippen molar-refractivity contribution >= 4 is 44.1 Å². The molecule has 6 N–H and O–H groups in total. The van der Waals surface area contributed by atoms with E-state index in [1.54, 1.807) is 23.8 Å². The van der Waals surface area contributed by atoms with Crippen molar-refractivity contribution in [2.24, 2.45) is 28.6 Å². The summed E-state index contributed by atoms with van der Waals surface area (Å²) < 4.78 is 25.4. The molecular weight excluding hydrogens is 737 g/mol. The quantitative estimate of drug-likeness (QED) is 0.146. The van der Waals surface area contributed by atoms with E-state index < -0.39 is 54.3 Å². The SMILES string of the molecule is CC(=O)c1c(C)cc2cc(C(=O)O)cc(OC3OC(CO)C4(CCC5CC6(CCCC6)CC6COCC(CCCO)(CSSCO4)C56)C(O)C3O)c2c1O. The Morgan fingerprint density at radius 2 is 1.80 bits per heavy atom. The smallest absolute Gasteiger partial charge is 0.335 e. The first kappa shape index (κ1) is 40.1. The Hall–Kier alpha value is -2.14. The summed E-state index contributed by atoms with van der Waals surface area (Å²) in [7, 11) is 3.19. The topological polar surface area (TPSA) is 192 Å². The van der Waals surface area contributed by atoms with Crippen LogP contribution in [-0.2, 0) is 14.2 Å². The Labute approximate surface area is 323 Å². The maximum absolute atomic E-state index is 12.5. The van der Waals surface area contributed by atoms with Crippen LogP contribution >= 0.6 is 21.6 Å². The fourth-order valence-corrected chi connectivity index (χ4v) is 13.6. The highest BCUT2D eigenvalue weighted by Gasteiger charge is 2.60. The zero-order valence-corrected chi connectivity index (χ0v) is 32.7. The molecule has 3 saturated heterocycles. The zero-order valence-electron chi connectivity index (χ0n) is 31.0. The zero-order chi connectivity index (χ0) is 38.4. The third-order valence-corrected chi connectivity index (χ3v) is 15.6. The third-order valence-electron chi connectivity index (χ3n) is 13.4. The number of rotatable bonds is 8. The molecule has 7 rings (SSSR count). The molecule has 2 saturated carbocycles. The number of carboxylic acid groups (broad SMARTS) is 1. The van der Waals surface area contributed by atoms with Gasteiger partial charge in [-0.05, 0) is 111 Å². The Morgan fingerprint density at radius 1 is 1.04 bits per heavy atom. The third kappa shape index (κ3) is 7.17. The summed E-state index contributed by atoms with van der Waals surface area (Å²) >= 11 is 0. The van der Waals surface area contributed by atoms with E-state index in [-0.39, 0.29) is 51.6 Å². The number of carbonyl (C=O) groups excluding carboxylic acids is 1. The molecule has 298 valence electrons. The van der Waals surface area contributed by atoms with Gasteiger partial charge in [-0.15, -0.1) is 0 Å². The van der Waals surface area contributed by atoms with Gasteiger partial charge in [0.15, 0.2) is 5.78 Å². The first-order chi connectivity index (χ1) is 25.9. The summed E-state index contributed by atoms with van der Waals surface area (Å²) in [5, 5.41) is 66.3. The summed E-state index contributed by atoms with van der Waals surface area (Å²) in [5.41, 5.74) is -1.07. The number of Topliss-reactive ketones (excluding diaryl/α,β-unsaturated/α-hetero) is 1. The van der Waals surface area contributed by atoms with Crippen LogP contribution in [-0.4, -0.2) is 111 Å². The monoisotopic (exact) mass is 790 g/mol. The van der Waals surface area contributed by atoms with Gasteiger partial charge in [-0.3, -0.25) is 4.79 Å². The highest BCUT2D eigenvalue weighted by atomic mass is 33.1. The number of ketones is 1. The second-order valence-corrected chi connectivity index (χ2v) is 19.0. The fourth-order valence-electron chi connectivity index (χ4n) is 11.2. The highest BCUT2D eigenvalue weighted by Crippen LogP contribution is 2.62. The number of phenolic OH excluding ortho intramolecular Hbond substituents is 1. The van der Waals surface area contributed by atoms with E-state index in [1.165, 1.54) is 55.5 Å². The van der Waals surface area contributed by atoms with Gasteiger partial charge in [0.1, 0.15) is 41.4 Å². The van der Waals surface area contributed by atoms with Crippen molar-refractivity contribution in [2.75, 3.05) is 38.1 Å². The summed E-state index contributed by atoms with van der Waals surface area (Å²) in [5.74, 6) is -0.275. The number of hydrogen-bond acceptors (Lipinski definition) is 13. The average molecular weight is 791 g/mol. The minimum Gasteiger partial charge on any atom is -0.506 e. The number of hydrogen-bond donors (Lipinski definition) is 6. The lowest BCUT2D eigenvalue weighted by atomic mass is 9.51. The maximum Gasteiger partial charge on any atom is 0.335 e. The van der Waals surface area contributed by atoms with Gasteiger partial charge in [-0.1, -0.05) is 40.5 Å². The van der Waals surface area contributed by atoms with E-state index in [2.05, 4.69) is 0 Å². The van der Waals surface area contributed by atoms with Crippen LogP contribution in [0.1, 0.15) is 97.4 Å². The van der Waals surface area contributed by atoms with E-state index in [0.29, 0.717) is 55.3 Å². The number of phenols is 1. The van der Waals surface area contributed by atoms with Crippen LogP contribution in [0.4, 0.5) is 0 Å². The summed E-state index contributed by atoms with van der Waals surface area (Å²) in [6, 6.07) is 4.11. The molecule has 54 heavy (non-hydrogen) atoms. The van der Waals surface area contributed by atoms with E-state index in [4.69, 9.17) is 18.9 Å². The lowest BCUT2D eigenvalue weighted by molar-refractivity contribution is -0.323. The maximum atomic E-state index is 12.5. The Kier molecular flexibility index (Phi) is 11.9. The van der Waals surface area contributed by atoms with Gasteiger partial charge in [0, 0.05) is 24.4 Å². The number of aliphatic hydroxyl groups is 4. The highest BCUT2D eigenvalue weighted by molar-refractivity contribution is 8.76. The number of carboxylic acids is 1. The van der Waals surface area contributed by atoms with Gasteiger partial charge >= 0.3 is 5.97 Å². The van der Waals surface area contributed by atoms with Crippen LogP contribution < -0.4 is 4.74 Å². The molecule has 2 aromatic carbocycles. The molecule has 9 atom stereocenters. The van der Waals surface area contributed by atoms with Crippen molar-refractivity contribution in [2.45, 2.75) is 108 Å². The van der Waals surface area contributed by atoms with Gasteiger partial charge in [-0.2, -0.15) is 0 Å². The molecular formula is C40H54O12S2. The van der Waals surface area contributed by atoms with E-state index >= 15 is 0 Å². The minimum atomic E-state index is -1.70. The largest absolute Gasteiger partial charge is 0.506 e. The second kappa shape index (κ2) is 16.0. The molecule has 14 heteroatoms. The van der Waals surface area contributed by atoms with Crippen LogP contribution in [0.15, 0.2) is 18.2 Å². The molecule has 3 aliphatic heterocycles. The summed E-state index contributed by atoms with van der Waals surface area (Å²) in [4.78, 5) is 24.6. The van der Waals surface area contributed by atoms with Crippen molar-refractivity contribution in [1.82, 2.24) is 0 Å². The number of carbonyl (C=O) groups is 2. The summed E-state index contributed by atoms with van der Waals surface area (Å²) in [6.07, 6.45) is 3.49. The first-order valence-corrected chi connectivity index (χ1v) is 21.8. The molecule has 3 heterocycles. The lowest BCUT2D eigenvalue weighted by Gasteiger charge is -2.58. The van der Waals surface area contributed by atoms with Crippen LogP contribution in [0.3, 0.4) is 0 Å². The van der Waals surface area contributed by atoms with Gasteiger partial charge < -0.3 is 49.6 Å². The Balaban J connectivity index is 1.22. The number of aromatic carboxylic acids is 1. The van der Waals surface area contributed by atoms with Crippen molar-refractivity contribution in [3.63, 3.8) is 0 Å². The van der Waals surface area contributed by atoms with E-state index in [1.807, 2.05) is 0 Å². The summed E-state index contributed by atoms with van der Waals surface area (Å²) in [6.45, 7) is 3.86. The fraction of sp³-hybridized carbons (Fsp3) is 0.700. The van der Waals surface area contributed by atoms with Crippen LogP contribution in [0.5, 0.6) is 11.5 Å². The molecule has 5 aliphatic rings. The molecule has 5 fully saturated rings. The van der Waals surface area contributed by atoms with Gasteiger partial charge in [-0.25, -0.2) is 4.79 Å². The van der Waals surface area contributed by atoms with Crippen LogP contribution in [0, 0.1) is 35.5 Å². The normalized spacial score (nSPS) is 35.4. The van der Waals surface area contributed by atoms with Gasteiger partial charge in [0.05, 0.1) is 29.7 Å². The molecule has 0 bridgehead atoms. The molecule has 2 spiro atoms. The standard InChI is InChI=1S/C40H54O12S2/c1-22-12-25-13-26(36(47)48)14-28(31(25)33(44)30(22)23(2)43)51-37-34(45)35(46)40(29(17-42)52-37)10-6-24-15-38(7-3-4-8-38)16-27-18-49-19-39(32(24)27,9-5-11-41)20-53-54-21-50-40/h12-14,24,27,29,32,34-35,37,41-42,44-46H,3-11,15-21H2,1-2H3,(H,47,48). The first-order valence-electron chi connectivity index (χ1n) is 19.3. The molecule has 2 aliphatic carbocycles. The van der Waals surface area contributed by atoms with Crippen LogP contribution in [0.2, 0.25) is 0 Å². The van der Waals surface area contributed by atoms with Crippen molar-refractivity contribution in [1.29, 1.82) is 0 Å². The van der Waals surface area contributed by atoms with Crippen molar-refractivity contribution < 1.29 is 59.2 Å².